The van der Waals surface area contributed by atoms with Crippen molar-refractivity contribution in [2.24, 2.45) is 5.14 Å². The summed E-state index contributed by atoms with van der Waals surface area (Å²) in [6.07, 6.45) is 0. The first-order valence-corrected chi connectivity index (χ1v) is 6.28. The van der Waals surface area contributed by atoms with Crippen LogP contribution in [0.1, 0.15) is 18.1 Å². The minimum absolute atomic E-state index is 0.335. The van der Waals surface area contributed by atoms with Gasteiger partial charge in [0.05, 0.1) is 0 Å². The van der Waals surface area contributed by atoms with Crippen LogP contribution in [0, 0.1) is 6.92 Å². The lowest BCUT2D eigenvalue weighted by Crippen LogP contribution is -2.36. The maximum Gasteiger partial charge on any atom is 0.277 e. The van der Waals surface area contributed by atoms with Crippen LogP contribution in [0.4, 0.5) is 0 Å². The lowest BCUT2D eigenvalue weighted by molar-refractivity contribution is 0.423. The quantitative estimate of drug-likeness (QED) is 0.836. The van der Waals surface area contributed by atoms with E-state index in [9.17, 15) is 8.42 Å². The first-order valence-electron chi connectivity index (χ1n) is 4.77. The zero-order chi connectivity index (χ0) is 11.5. The van der Waals surface area contributed by atoms with Crippen LogP contribution >= 0.6 is 0 Å². The van der Waals surface area contributed by atoms with E-state index in [1.807, 2.05) is 31.2 Å². The van der Waals surface area contributed by atoms with Crippen molar-refractivity contribution in [3.8, 4) is 0 Å². The molecule has 0 aliphatic rings. The van der Waals surface area contributed by atoms with Crippen LogP contribution in [0.3, 0.4) is 0 Å². The molecule has 0 unspecified atom stereocenters. The van der Waals surface area contributed by atoms with Crippen molar-refractivity contribution in [3.05, 3.63) is 35.4 Å². The maximum atomic E-state index is 11.2. The van der Waals surface area contributed by atoms with E-state index in [-0.39, 0.29) is 0 Å². The zero-order valence-electron chi connectivity index (χ0n) is 8.97. The Morgan fingerprint density at radius 3 is 2.40 bits per heavy atom. The van der Waals surface area contributed by atoms with Gasteiger partial charge in [-0.15, -0.1) is 0 Å². The SMILES string of the molecule is CCN(Cc1ccccc1C)S(N)(=O)=O. The summed E-state index contributed by atoms with van der Waals surface area (Å²) in [7, 11) is -3.60. The normalized spacial score (nSPS) is 12.0. The predicted molar refractivity (Wildman–Crippen MR) is 60.4 cm³/mol. The van der Waals surface area contributed by atoms with E-state index in [1.165, 1.54) is 4.31 Å². The Morgan fingerprint density at radius 1 is 1.33 bits per heavy atom. The lowest BCUT2D eigenvalue weighted by atomic mass is 10.1. The largest absolute Gasteiger partial charge is 0.277 e. The van der Waals surface area contributed by atoms with Crippen molar-refractivity contribution >= 4 is 10.2 Å². The minimum atomic E-state index is -3.60. The van der Waals surface area contributed by atoms with Gasteiger partial charge in [-0.05, 0) is 18.1 Å². The third-order valence-electron chi connectivity index (χ3n) is 2.32. The second-order valence-corrected chi connectivity index (χ2v) is 4.94. The summed E-state index contributed by atoms with van der Waals surface area (Å²) < 4.78 is 23.6. The van der Waals surface area contributed by atoms with Crippen LogP contribution in [0.5, 0.6) is 0 Å². The third kappa shape index (κ3) is 3.30. The van der Waals surface area contributed by atoms with Gasteiger partial charge in [0.25, 0.3) is 10.2 Å². The van der Waals surface area contributed by atoms with Crippen LogP contribution in [0.15, 0.2) is 24.3 Å². The highest BCUT2D eigenvalue weighted by Gasteiger charge is 2.15. The molecule has 1 rings (SSSR count). The van der Waals surface area contributed by atoms with Gasteiger partial charge in [0.1, 0.15) is 0 Å². The molecular formula is C10H16N2O2S. The van der Waals surface area contributed by atoms with Gasteiger partial charge < -0.3 is 0 Å². The van der Waals surface area contributed by atoms with Gasteiger partial charge in [0.2, 0.25) is 0 Å². The molecule has 0 saturated heterocycles. The Labute approximate surface area is 90.9 Å². The van der Waals surface area contributed by atoms with Crippen molar-refractivity contribution in [3.63, 3.8) is 0 Å². The first-order chi connectivity index (χ1) is 6.95. The molecule has 0 atom stereocenters. The second-order valence-electron chi connectivity index (χ2n) is 3.40. The highest BCUT2D eigenvalue weighted by molar-refractivity contribution is 7.86. The van der Waals surface area contributed by atoms with E-state index in [0.29, 0.717) is 13.1 Å². The van der Waals surface area contributed by atoms with Crippen molar-refractivity contribution < 1.29 is 8.42 Å². The Hall–Kier alpha value is -0.910. The summed E-state index contributed by atoms with van der Waals surface area (Å²) in [5, 5.41) is 5.09. The van der Waals surface area contributed by atoms with Gasteiger partial charge in [-0.3, -0.25) is 0 Å². The van der Waals surface area contributed by atoms with Crippen LogP contribution in [0.2, 0.25) is 0 Å². The van der Waals surface area contributed by atoms with Gasteiger partial charge in [0.15, 0.2) is 0 Å². The topological polar surface area (TPSA) is 63.4 Å². The first kappa shape index (κ1) is 12.2. The van der Waals surface area contributed by atoms with E-state index in [2.05, 4.69) is 0 Å². The Balaban J connectivity index is 2.90. The molecule has 0 aromatic heterocycles. The van der Waals surface area contributed by atoms with E-state index < -0.39 is 10.2 Å². The van der Waals surface area contributed by atoms with Crippen LogP contribution in [-0.2, 0) is 16.8 Å². The van der Waals surface area contributed by atoms with E-state index in [1.54, 1.807) is 6.92 Å². The number of hydrogen-bond acceptors (Lipinski definition) is 2. The number of benzene rings is 1. The molecule has 4 nitrogen and oxygen atoms in total. The summed E-state index contributed by atoms with van der Waals surface area (Å²) in [4.78, 5) is 0. The molecule has 0 fully saturated rings. The standard InChI is InChI=1S/C10H16N2O2S/c1-3-12(15(11,13)14)8-10-7-5-4-6-9(10)2/h4-7H,3,8H2,1-2H3,(H2,11,13,14). The third-order valence-corrected chi connectivity index (χ3v) is 3.43. The summed E-state index contributed by atoms with van der Waals surface area (Å²) in [5.41, 5.74) is 2.05. The molecular weight excluding hydrogens is 212 g/mol. The molecule has 0 amide bonds. The Bertz CT molecular complexity index is 429. The molecule has 2 N–H and O–H groups in total. The Kier molecular flexibility index (Phi) is 3.84. The molecule has 0 spiro atoms. The summed E-state index contributed by atoms with van der Waals surface area (Å²) in [6.45, 7) is 4.43. The number of aryl methyl sites for hydroxylation is 1. The molecule has 0 heterocycles. The summed E-state index contributed by atoms with van der Waals surface area (Å²) in [6, 6.07) is 7.67. The fourth-order valence-electron chi connectivity index (χ4n) is 1.36. The minimum Gasteiger partial charge on any atom is -0.216 e. The summed E-state index contributed by atoms with van der Waals surface area (Å²) >= 11 is 0. The Morgan fingerprint density at radius 2 is 1.93 bits per heavy atom. The van der Waals surface area contributed by atoms with Gasteiger partial charge in [-0.1, -0.05) is 31.2 Å². The molecule has 0 aliphatic carbocycles. The molecule has 0 saturated carbocycles. The molecule has 0 radical (unpaired) electrons. The van der Waals surface area contributed by atoms with Gasteiger partial charge in [-0.25, -0.2) is 5.14 Å². The van der Waals surface area contributed by atoms with Crippen molar-refractivity contribution in [2.45, 2.75) is 20.4 Å². The predicted octanol–water partition coefficient (Wildman–Crippen LogP) is 1.02. The number of hydrogen-bond donors (Lipinski definition) is 1. The summed E-state index contributed by atoms with van der Waals surface area (Å²) in [5.74, 6) is 0. The molecule has 0 bridgehead atoms. The van der Waals surface area contributed by atoms with Crippen LogP contribution < -0.4 is 5.14 Å². The van der Waals surface area contributed by atoms with Crippen molar-refractivity contribution in [1.82, 2.24) is 4.31 Å². The van der Waals surface area contributed by atoms with E-state index in [0.717, 1.165) is 11.1 Å². The molecule has 1 aromatic carbocycles. The monoisotopic (exact) mass is 228 g/mol. The van der Waals surface area contributed by atoms with Crippen LogP contribution in [-0.4, -0.2) is 19.3 Å². The number of nitrogens with two attached hydrogens (primary N) is 1. The average molecular weight is 228 g/mol. The van der Waals surface area contributed by atoms with Crippen molar-refractivity contribution in [2.75, 3.05) is 6.54 Å². The second kappa shape index (κ2) is 4.74. The van der Waals surface area contributed by atoms with E-state index in [4.69, 9.17) is 5.14 Å². The molecule has 0 aliphatic heterocycles. The highest BCUT2D eigenvalue weighted by Crippen LogP contribution is 2.11. The number of nitrogens with zero attached hydrogens (tertiary/aromatic N) is 1. The molecule has 15 heavy (non-hydrogen) atoms. The van der Waals surface area contributed by atoms with Gasteiger partial charge >= 0.3 is 0 Å². The van der Waals surface area contributed by atoms with Crippen molar-refractivity contribution in [1.29, 1.82) is 0 Å². The zero-order valence-corrected chi connectivity index (χ0v) is 9.79. The van der Waals surface area contributed by atoms with Crippen LogP contribution in [0.25, 0.3) is 0 Å². The lowest BCUT2D eigenvalue weighted by Gasteiger charge is -2.18. The fraction of sp³-hybridized carbons (Fsp3) is 0.400. The smallest absolute Gasteiger partial charge is 0.216 e. The van der Waals surface area contributed by atoms with E-state index >= 15 is 0 Å². The molecule has 1 aromatic rings. The molecule has 84 valence electrons. The van der Waals surface area contributed by atoms with Gasteiger partial charge in [0, 0.05) is 13.1 Å². The van der Waals surface area contributed by atoms with Gasteiger partial charge in [-0.2, -0.15) is 12.7 Å². The maximum absolute atomic E-state index is 11.2. The highest BCUT2D eigenvalue weighted by atomic mass is 32.2. The number of rotatable bonds is 4. The molecule has 5 heteroatoms. The fourth-order valence-corrected chi connectivity index (χ4v) is 2.04. The average Bonchev–Trinajstić information content (AvgIpc) is 2.14.